The van der Waals surface area contributed by atoms with Crippen LogP contribution in [0.2, 0.25) is 0 Å². The first-order valence-electron chi connectivity index (χ1n) is 7.14. The molecule has 0 atom stereocenters. The number of carbonyl (C=O) groups is 1. The number of fused-ring (bicyclic) bond motifs is 1. The summed E-state index contributed by atoms with van der Waals surface area (Å²) in [4.78, 5) is 21.0. The Bertz CT molecular complexity index is 841. The lowest BCUT2D eigenvalue weighted by Gasteiger charge is -2.07. The molecule has 3 aromatic rings. The number of esters is 1. The van der Waals surface area contributed by atoms with E-state index >= 15 is 0 Å². The van der Waals surface area contributed by atoms with E-state index < -0.39 is 5.97 Å². The number of aromatic nitrogens is 2. The van der Waals surface area contributed by atoms with Crippen molar-refractivity contribution in [3.63, 3.8) is 0 Å². The van der Waals surface area contributed by atoms with Crippen LogP contribution in [0.25, 0.3) is 11.0 Å². The third-order valence-corrected chi connectivity index (χ3v) is 3.33. The fraction of sp³-hybridized carbons (Fsp3) is 0.235. The number of benzene rings is 1. The molecule has 1 aromatic carbocycles. The van der Waals surface area contributed by atoms with E-state index in [0.29, 0.717) is 18.1 Å². The van der Waals surface area contributed by atoms with Crippen molar-refractivity contribution in [3.05, 3.63) is 59.3 Å². The molecule has 0 N–H and O–H groups in total. The molecule has 0 spiro atoms. The van der Waals surface area contributed by atoms with Gasteiger partial charge in [-0.15, -0.1) is 0 Å². The molecule has 0 saturated carbocycles. The van der Waals surface area contributed by atoms with Crippen LogP contribution in [0, 0.1) is 6.92 Å². The Morgan fingerprint density at radius 1 is 1.09 bits per heavy atom. The second-order valence-electron chi connectivity index (χ2n) is 5.02. The summed E-state index contributed by atoms with van der Waals surface area (Å²) in [6, 6.07) is 10.8. The summed E-state index contributed by atoms with van der Waals surface area (Å²) >= 11 is 0. The standard InChI is InChI=1S/C17H16N2O4/c1-11-15(19-14-6-4-3-5-13(14)18-11)10-22-17(20)16-8-7-12(23-16)9-21-2/h3-8H,9-10H2,1-2H3. The summed E-state index contributed by atoms with van der Waals surface area (Å²) in [6.45, 7) is 2.19. The average Bonchev–Trinajstić information content (AvgIpc) is 3.01. The van der Waals surface area contributed by atoms with Gasteiger partial charge in [0, 0.05) is 7.11 Å². The monoisotopic (exact) mass is 312 g/mol. The molecule has 0 bridgehead atoms. The van der Waals surface area contributed by atoms with Crippen molar-refractivity contribution in [1.82, 2.24) is 9.97 Å². The third-order valence-electron chi connectivity index (χ3n) is 3.33. The Kier molecular flexibility index (Phi) is 4.34. The lowest BCUT2D eigenvalue weighted by Crippen LogP contribution is -2.07. The smallest absolute Gasteiger partial charge is 0.374 e. The Morgan fingerprint density at radius 2 is 1.83 bits per heavy atom. The van der Waals surface area contributed by atoms with Crippen molar-refractivity contribution >= 4 is 17.0 Å². The van der Waals surface area contributed by atoms with Crippen LogP contribution in [0.4, 0.5) is 0 Å². The molecule has 2 aromatic heterocycles. The van der Waals surface area contributed by atoms with Crippen LogP contribution in [0.5, 0.6) is 0 Å². The molecule has 6 heteroatoms. The number of nitrogens with zero attached hydrogens (tertiary/aromatic N) is 2. The number of aryl methyl sites for hydroxylation is 1. The van der Waals surface area contributed by atoms with E-state index in [1.807, 2.05) is 31.2 Å². The molecule has 2 heterocycles. The van der Waals surface area contributed by atoms with E-state index in [-0.39, 0.29) is 12.4 Å². The quantitative estimate of drug-likeness (QED) is 0.674. The van der Waals surface area contributed by atoms with Gasteiger partial charge >= 0.3 is 5.97 Å². The Morgan fingerprint density at radius 3 is 2.57 bits per heavy atom. The van der Waals surface area contributed by atoms with Crippen LogP contribution >= 0.6 is 0 Å². The highest BCUT2D eigenvalue weighted by atomic mass is 16.5. The molecule has 0 aliphatic carbocycles. The molecule has 0 amide bonds. The molecular weight excluding hydrogens is 296 g/mol. The molecule has 0 aliphatic rings. The molecule has 23 heavy (non-hydrogen) atoms. The van der Waals surface area contributed by atoms with Gasteiger partial charge in [0.15, 0.2) is 0 Å². The first kappa shape index (κ1) is 15.2. The van der Waals surface area contributed by atoms with E-state index in [9.17, 15) is 4.79 Å². The van der Waals surface area contributed by atoms with Gasteiger partial charge in [0.05, 0.1) is 22.4 Å². The number of carbonyl (C=O) groups excluding carboxylic acids is 1. The molecule has 0 saturated heterocycles. The summed E-state index contributed by atoms with van der Waals surface area (Å²) in [5.74, 6) is 0.172. The number of hydrogen-bond acceptors (Lipinski definition) is 6. The van der Waals surface area contributed by atoms with Crippen LogP contribution in [-0.2, 0) is 22.7 Å². The van der Waals surface area contributed by atoms with Crippen molar-refractivity contribution in [3.8, 4) is 0 Å². The van der Waals surface area contributed by atoms with Crippen molar-refractivity contribution < 1.29 is 18.7 Å². The van der Waals surface area contributed by atoms with Crippen LogP contribution in [0.15, 0.2) is 40.8 Å². The zero-order valence-electron chi connectivity index (χ0n) is 12.9. The maximum Gasteiger partial charge on any atom is 0.374 e. The molecule has 0 radical (unpaired) electrons. The topological polar surface area (TPSA) is 74.5 Å². The third kappa shape index (κ3) is 3.37. The Labute approximate surface area is 133 Å². The van der Waals surface area contributed by atoms with E-state index in [1.54, 1.807) is 19.2 Å². The first-order chi connectivity index (χ1) is 11.2. The highest BCUT2D eigenvalue weighted by molar-refractivity contribution is 5.86. The Balaban J connectivity index is 1.72. The number of rotatable bonds is 5. The molecule has 0 aliphatic heterocycles. The largest absolute Gasteiger partial charge is 0.453 e. The van der Waals surface area contributed by atoms with Gasteiger partial charge < -0.3 is 13.9 Å². The summed E-state index contributed by atoms with van der Waals surface area (Å²) in [7, 11) is 1.56. The molecule has 118 valence electrons. The van der Waals surface area contributed by atoms with Gasteiger partial charge in [-0.25, -0.2) is 14.8 Å². The predicted molar refractivity (Wildman–Crippen MR) is 82.8 cm³/mol. The van der Waals surface area contributed by atoms with Gasteiger partial charge in [0.1, 0.15) is 19.0 Å². The summed E-state index contributed by atoms with van der Waals surface area (Å²) in [6.07, 6.45) is 0. The second kappa shape index (κ2) is 6.58. The van der Waals surface area contributed by atoms with E-state index in [2.05, 4.69) is 9.97 Å². The van der Waals surface area contributed by atoms with Crippen LogP contribution in [-0.4, -0.2) is 23.0 Å². The highest BCUT2D eigenvalue weighted by Gasteiger charge is 2.14. The maximum absolute atomic E-state index is 12.0. The minimum atomic E-state index is -0.540. The van der Waals surface area contributed by atoms with Crippen LogP contribution in [0.1, 0.15) is 27.7 Å². The van der Waals surface area contributed by atoms with Crippen LogP contribution in [0.3, 0.4) is 0 Å². The highest BCUT2D eigenvalue weighted by Crippen LogP contribution is 2.15. The fourth-order valence-electron chi connectivity index (χ4n) is 2.17. The molecule has 3 rings (SSSR count). The summed E-state index contributed by atoms with van der Waals surface area (Å²) < 4.78 is 15.5. The van der Waals surface area contributed by atoms with Crippen molar-refractivity contribution in [1.29, 1.82) is 0 Å². The molecular formula is C17H16N2O4. The van der Waals surface area contributed by atoms with E-state index in [1.165, 1.54) is 0 Å². The van der Waals surface area contributed by atoms with Gasteiger partial charge in [-0.1, -0.05) is 12.1 Å². The van der Waals surface area contributed by atoms with Crippen molar-refractivity contribution in [2.24, 2.45) is 0 Å². The number of methoxy groups -OCH3 is 1. The SMILES string of the molecule is COCc1ccc(C(=O)OCc2nc3ccccc3nc2C)o1. The van der Waals surface area contributed by atoms with Gasteiger partial charge in [0.2, 0.25) is 5.76 Å². The van der Waals surface area contributed by atoms with Gasteiger partial charge in [-0.2, -0.15) is 0 Å². The minimum absolute atomic E-state index is 0.0445. The maximum atomic E-state index is 12.0. The normalized spacial score (nSPS) is 10.9. The van der Waals surface area contributed by atoms with Gasteiger partial charge in [0.25, 0.3) is 0 Å². The first-order valence-corrected chi connectivity index (χ1v) is 7.14. The van der Waals surface area contributed by atoms with Crippen molar-refractivity contribution in [2.45, 2.75) is 20.1 Å². The summed E-state index contributed by atoms with van der Waals surface area (Å²) in [5.41, 5.74) is 2.94. The number of ether oxygens (including phenoxy) is 2. The number of para-hydroxylation sites is 2. The van der Waals surface area contributed by atoms with Crippen LogP contribution < -0.4 is 0 Å². The predicted octanol–water partition coefficient (Wildman–Crippen LogP) is 3.03. The zero-order chi connectivity index (χ0) is 16.2. The van der Waals surface area contributed by atoms with Gasteiger partial charge in [-0.3, -0.25) is 0 Å². The number of furan rings is 1. The number of hydrogen-bond donors (Lipinski definition) is 0. The second-order valence-corrected chi connectivity index (χ2v) is 5.02. The average molecular weight is 312 g/mol. The van der Waals surface area contributed by atoms with Crippen molar-refractivity contribution in [2.75, 3.05) is 7.11 Å². The molecule has 0 fully saturated rings. The minimum Gasteiger partial charge on any atom is -0.453 e. The molecule has 6 nitrogen and oxygen atoms in total. The summed E-state index contributed by atoms with van der Waals surface area (Å²) in [5, 5.41) is 0. The Hall–Kier alpha value is -2.73. The van der Waals surface area contributed by atoms with Gasteiger partial charge in [-0.05, 0) is 31.2 Å². The zero-order valence-corrected chi connectivity index (χ0v) is 12.9. The van der Waals surface area contributed by atoms with E-state index in [4.69, 9.17) is 13.9 Å². The fourth-order valence-corrected chi connectivity index (χ4v) is 2.17. The lowest BCUT2D eigenvalue weighted by atomic mass is 10.2. The van der Waals surface area contributed by atoms with E-state index in [0.717, 1.165) is 16.7 Å². The lowest BCUT2D eigenvalue weighted by molar-refractivity contribution is 0.0424. The molecule has 0 unspecified atom stereocenters.